The van der Waals surface area contributed by atoms with Gasteiger partial charge in [0.15, 0.2) is 5.69 Å². The fourth-order valence-electron chi connectivity index (χ4n) is 5.86. The molecule has 0 spiro atoms. The van der Waals surface area contributed by atoms with Gasteiger partial charge in [0, 0.05) is 31.2 Å². The third-order valence-corrected chi connectivity index (χ3v) is 7.69. The number of nitrogens with one attached hydrogen (secondary N) is 2. The monoisotopic (exact) mass is 533 g/mol. The second kappa shape index (κ2) is 12.4. The summed E-state index contributed by atoms with van der Waals surface area (Å²) < 4.78 is 21.6. The molecule has 2 heterocycles. The van der Waals surface area contributed by atoms with Gasteiger partial charge in [-0.15, -0.1) is 0 Å². The lowest BCUT2D eigenvalue weighted by atomic mass is 9.89. The SMILES string of the molecule is CCOC(=O)N[C@H]1CCCC[C@@H]1n1cnc(C(=O)N2CCNC[C@H]2Cc2ccccc2)c1-c1cccc(F)c1. The normalized spacial score (nSPS) is 21.4. The van der Waals surface area contributed by atoms with Crippen LogP contribution in [0.1, 0.15) is 54.7 Å². The van der Waals surface area contributed by atoms with Gasteiger partial charge in [-0.2, -0.15) is 0 Å². The molecule has 0 radical (unpaired) electrons. The average molecular weight is 534 g/mol. The third-order valence-electron chi connectivity index (χ3n) is 7.69. The summed E-state index contributed by atoms with van der Waals surface area (Å²) in [5, 5.41) is 6.42. The number of carbonyl (C=O) groups excluding carboxylic acids is 2. The summed E-state index contributed by atoms with van der Waals surface area (Å²) >= 11 is 0. The molecule has 2 amide bonds. The highest BCUT2D eigenvalue weighted by Crippen LogP contribution is 2.35. The van der Waals surface area contributed by atoms with Gasteiger partial charge in [0.25, 0.3) is 5.91 Å². The lowest BCUT2D eigenvalue weighted by Gasteiger charge is -2.36. The topological polar surface area (TPSA) is 88.5 Å². The van der Waals surface area contributed by atoms with Gasteiger partial charge in [-0.1, -0.05) is 55.3 Å². The highest BCUT2D eigenvalue weighted by Gasteiger charge is 2.35. The Morgan fingerprint density at radius 3 is 2.74 bits per heavy atom. The minimum atomic E-state index is -0.456. The van der Waals surface area contributed by atoms with Crippen molar-refractivity contribution < 1.29 is 18.7 Å². The lowest BCUT2D eigenvalue weighted by Crippen LogP contribution is -2.54. The zero-order valence-electron chi connectivity index (χ0n) is 22.3. The van der Waals surface area contributed by atoms with E-state index in [1.807, 2.05) is 33.7 Å². The Kier molecular flexibility index (Phi) is 8.56. The fraction of sp³-hybridized carbons (Fsp3) is 0.433. The smallest absolute Gasteiger partial charge is 0.407 e. The number of halogens is 1. The maximum Gasteiger partial charge on any atom is 0.407 e. The van der Waals surface area contributed by atoms with Crippen molar-refractivity contribution in [1.29, 1.82) is 0 Å². The first-order valence-corrected chi connectivity index (χ1v) is 13.9. The van der Waals surface area contributed by atoms with Crippen LogP contribution in [0.4, 0.5) is 9.18 Å². The zero-order chi connectivity index (χ0) is 27.2. The standard InChI is InChI=1S/C30H36FN5O3/c1-2-39-30(38)34-25-13-6-7-14-26(25)36-20-33-27(28(36)22-11-8-12-23(31)18-22)29(37)35-16-15-32-19-24(35)17-21-9-4-3-5-10-21/h3-5,8-12,18,20,24-26,32H,2,6-7,13-17,19H2,1H3,(H,34,38)/t24-,25+,26+/m1/s1. The van der Waals surface area contributed by atoms with E-state index in [0.29, 0.717) is 36.6 Å². The molecule has 9 heteroatoms. The highest BCUT2D eigenvalue weighted by atomic mass is 19.1. The molecule has 3 atom stereocenters. The third kappa shape index (κ3) is 6.14. The van der Waals surface area contributed by atoms with Crippen LogP contribution in [0, 0.1) is 5.82 Å². The van der Waals surface area contributed by atoms with Crippen molar-refractivity contribution in [2.75, 3.05) is 26.2 Å². The Labute approximate surface area is 228 Å². The number of alkyl carbamates (subject to hydrolysis) is 1. The summed E-state index contributed by atoms with van der Waals surface area (Å²) in [5.41, 5.74) is 2.64. The second-order valence-electron chi connectivity index (χ2n) is 10.2. The molecule has 3 aromatic rings. The summed E-state index contributed by atoms with van der Waals surface area (Å²) in [4.78, 5) is 33.0. The molecule has 0 unspecified atom stereocenters. The van der Waals surface area contributed by atoms with Gasteiger partial charge in [-0.05, 0) is 43.9 Å². The molecule has 5 rings (SSSR count). The van der Waals surface area contributed by atoms with E-state index in [1.54, 1.807) is 19.3 Å². The fourth-order valence-corrected chi connectivity index (χ4v) is 5.86. The largest absolute Gasteiger partial charge is 0.450 e. The minimum absolute atomic E-state index is 0.0351. The number of benzene rings is 2. The highest BCUT2D eigenvalue weighted by molar-refractivity contribution is 5.98. The van der Waals surface area contributed by atoms with Crippen molar-refractivity contribution in [2.24, 2.45) is 0 Å². The Morgan fingerprint density at radius 1 is 1.13 bits per heavy atom. The minimum Gasteiger partial charge on any atom is -0.450 e. The maximum absolute atomic E-state index is 14.5. The number of piperazine rings is 1. The Balaban J connectivity index is 1.51. The van der Waals surface area contributed by atoms with Gasteiger partial charge in [0.05, 0.1) is 30.7 Å². The molecule has 39 heavy (non-hydrogen) atoms. The number of hydrogen-bond acceptors (Lipinski definition) is 5. The number of imidazole rings is 1. The van der Waals surface area contributed by atoms with Crippen LogP contribution in [0.25, 0.3) is 11.3 Å². The van der Waals surface area contributed by atoms with E-state index in [-0.39, 0.29) is 36.5 Å². The van der Waals surface area contributed by atoms with Gasteiger partial charge >= 0.3 is 6.09 Å². The van der Waals surface area contributed by atoms with E-state index in [4.69, 9.17) is 4.74 Å². The molecule has 1 saturated carbocycles. The van der Waals surface area contributed by atoms with Crippen LogP contribution in [-0.2, 0) is 11.2 Å². The van der Waals surface area contributed by atoms with Gasteiger partial charge in [-0.25, -0.2) is 14.2 Å². The summed E-state index contributed by atoms with van der Waals surface area (Å²) in [7, 11) is 0. The van der Waals surface area contributed by atoms with Crippen molar-refractivity contribution in [2.45, 2.75) is 57.2 Å². The van der Waals surface area contributed by atoms with Crippen LogP contribution in [-0.4, -0.2) is 64.8 Å². The number of hydrogen-bond donors (Lipinski definition) is 2. The summed E-state index contributed by atoms with van der Waals surface area (Å²) in [6.07, 6.45) is 5.49. The number of aromatic nitrogens is 2. The number of amides is 2. The number of carbonyl (C=O) groups is 2. The Morgan fingerprint density at radius 2 is 1.95 bits per heavy atom. The van der Waals surface area contributed by atoms with Gasteiger partial charge < -0.3 is 24.8 Å². The van der Waals surface area contributed by atoms with Gasteiger partial charge in [0.1, 0.15) is 5.82 Å². The molecule has 1 aliphatic heterocycles. The molecule has 1 aliphatic carbocycles. The molecule has 1 saturated heterocycles. The maximum atomic E-state index is 14.5. The first kappa shape index (κ1) is 26.9. The Hall–Kier alpha value is -3.72. The van der Waals surface area contributed by atoms with E-state index < -0.39 is 6.09 Å². The molecular weight excluding hydrogens is 497 g/mol. The van der Waals surface area contributed by atoms with Crippen molar-refractivity contribution in [3.8, 4) is 11.3 Å². The number of ether oxygens (including phenoxy) is 1. The summed E-state index contributed by atoms with van der Waals surface area (Å²) in [5.74, 6) is -0.547. The van der Waals surface area contributed by atoms with Crippen molar-refractivity contribution in [3.05, 3.63) is 78.0 Å². The molecule has 8 nitrogen and oxygen atoms in total. The molecule has 1 aromatic heterocycles. The lowest BCUT2D eigenvalue weighted by molar-refractivity contribution is 0.0631. The molecule has 2 aliphatic rings. The van der Waals surface area contributed by atoms with E-state index in [9.17, 15) is 14.0 Å². The van der Waals surface area contributed by atoms with Gasteiger partial charge in [-0.3, -0.25) is 4.79 Å². The van der Waals surface area contributed by atoms with Gasteiger partial charge in [0.2, 0.25) is 0 Å². The van der Waals surface area contributed by atoms with E-state index in [1.165, 1.54) is 12.1 Å². The first-order chi connectivity index (χ1) is 19.0. The van der Waals surface area contributed by atoms with Crippen LogP contribution < -0.4 is 10.6 Å². The van der Waals surface area contributed by atoms with Crippen LogP contribution in [0.3, 0.4) is 0 Å². The predicted molar refractivity (Wildman–Crippen MR) is 147 cm³/mol. The van der Waals surface area contributed by atoms with E-state index in [2.05, 4.69) is 27.8 Å². The molecule has 0 bridgehead atoms. The van der Waals surface area contributed by atoms with Crippen LogP contribution in [0.5, 0.6) is 0 Å². The summed E-state index contributed by atoms with van der Waals surface area (Å²) in [6, 6.07) is 16.1. The first-order valence-electron chi connectivity index (χ1n) is 13.9. The average Bonchev–Trinajstić information content (AvgIpc) is 3.39. The molecule has 2 fully saturated rings. The van der Waals surface area contributed by atoms with Crippen molar-refractivity contribution in [3.63, 3.8) is 0 Å². The van der Waals surface area contributed by atoms with Crippen LogP contribution in [0.2, 0.25) is 0 Å². The number of rotatable bonds is 7. The van der Waals surface area contributed by atoms with Crippen molar-refractivity contribution >= 4 is 12.0 Å². The zero-order valence-corrected chi connectivity index (χ0v) is 22.3. The second-order valence-corrected chi connectivity index (χ2v) is 10.2. The van der Waals surface area contributed by atoms with Crippen LogP contribution >= 0.6 is 0 Å². The number of nitrogens with zero attached hydrogens (tertiary/aromatic N) is 3. The quantitative estimate of drug-likeness (QED) is 0.464. The summed E-state index contributed by atoms with van der Waals surface area (Å²) in [6.45, 7) is 4.00. The van der Waals surface area contributed by atoms with E-state index >= 15 is 0 Å². The molecule has 2 N–H and O–H groups in total. The molecule has 2 aromatic carbocycles. The molecule has 206 valence electrons. The predicted octanol–water partition coefficient (Wildman–Crippen LogP) is 4.58. The van der Waals surface area contributed by atoms with E-state index in [0.717, 1.165) is 37.7 Å². The Bertz CT molecular complexity index is 1280. The van der Waals surface area contributed by atoms with Crippen LogP contribution in [0.15, 0.2) is 60.9 Å². The van der Waals surface area contributed by atoms with Crippen molar-refractivity contribution in [1.82, 2.24) is 25.1 Å². The molecular formula is C30H36FN5O3.